The molecule has 0 aromatic carbocycles. The molecule has 0 aromatic heterocycles. The molecule has 0 N–H and O–H groups in total. The molecule has 0 bridgehead atoms. The zero-order valence-corrected chi connectivity index (χ0v) is 4.80. The Hall–Kier alpha value is -0.540. The molecule has 0 aliphatic heterocycles. The van der Waals surface area contributed by atoms with E-state index < -0.39 is 18.1 Å². The van der Waals surface area contributed by atoms with Crippen molar-refractivity contribution < 1.29 is 17.6 Å². The molecule has 0 aromatic rings. The molecule has 0 aliphatic carbocycles. The van der Waals surface area contributed by atoms with E-state index in [1.54, 1.807) is 0 Å². The Morgan fingerprint density at radius 2 is 1.78 bits per heavy atom. The third-order valence-corrected chi connectivity index (χ3v) is 0.814. The summed E-state index contributed by atoms with van der Waals surface area (Å²) in [7, 11) is 0. The molecular weight excluding hydrogens is 136 g/mol. The van der Waals surface area contributed by atoms with Gasteiger partial charge in [-0.15, -0.1) is 0 Å². The summed E-state index contributed by atoms with van der Waals surface area (Å²) in [5, 5.41) is 0. The van der Waals surface area contributed by atoms with E-state index in [9.17, 15) is 17.6 Å². The lowest BCUT2D eigenvalue weighted by molar-refractivity contribution is 0.276. The highest BCUT2D eigenvalue weighted by atomic mass is 19.3. The molecule has 1 atom stereocenters. The summed E-state index contributed by atoms with van der Waals surface area (Å²) in [4.78, 5) is 0. The number of rotatable bonds is 2. The minimum Gasteiger partial charge on any atom is -0.240 e. The molecular formula is C5H6F4. The molecule has 0 saturated carbocycles. The minimum atomic E-state index is -2.57. The van der Waals surface area contributed by atoms with Crippen LogP contribution >= 0.6 is 0 Å². The molecule has 0 amide bonds. The normalized spacial score (nSPS) is 13.0. The number of halogens is 4. The van der Waals surface area contributed by atoms with Crippen molar-refractivity contribution in [2.45, 2.75) is 19.5 Å². The van der Waals surface area contributed by atoms with Crippen LogP contribution in [0.5, 0.6) is 0 Å². The number of alkyl halides is 1. The molecule has 0 spiro atoms. The lowest BCUT2D eigenvalue weighted by Crippen LogP contribution is -1.98. The first-order valence-corrected chi connectivity index (χ1v) is 2.44. The van der Waals surface area contributed by atoms with Gasteiger partial charge in [-0.1, -0.05) is 6.92 Å². The summed E-state index contributed by atoms with van der Waals surface area (Å²) in [6.07, 6.45) is -4.97. The third-order valence-electron chi connectivity index (χ3n) is 0.814. The monoisotopic (exact) mass is 142 g/mol. The largest absolute Gasteiger partial charge is 0.304 e. The molecule has 0 nitrogen and oxygen atoms in total. The van der Waals surface area contributed by atoms with Crippen LogP contribution in [0.25, 0.3) is 0 Å². The van der Waals surface area contributed by atoms with Crippen LogP contribution in [0.2, 0.25) is 0 Å². The van der Waals surface area contributed by atoms with Crippen LogP contribution in [-0.4, -0.2) is 6.17 Å². The van der Waals surface area contributed by atoms with Gasteiger partial charge in [0.2, 0.25) is 0 Å². The first-order valence-electron chi connectivity index (χ1n) is 2.44. The Balaban J connectivity index is 4.02. The first-order chi connectivity index (χ1) is 4.09. The maximum absolute atomic E-state index is 11.9. The summed E-state index contributed by atoms with van der Waals surface area (Å²) in [5.41, 5.74) is 0. The Bertz CT molecular complexity index is 114. The molecule has 9 heavy (non-hydrogen) atoms. The van der Waals surface area contributed by atoms with Crippen molar-refractivity contribution in [2.75, 3.05) is 0 Å². The fourth-order valence-electron chi connectivity index (χ4n) is 0.298. The molecule has 4 heteroatoms. The van der Waals surface area contributed by atoms with Crippen LogP contribution in [0.15, 0.2) is 11.9 Å². The summed E-state index contributed by atoms with van der Waals surface area (Å²) in [6, 6.07) is 0. The van der Waals surface area contributed by atoms with Gasteiger partial charge < -0.3 is 0 Å². The highest BCUT2D eigenvalue weighted by Crippen LogP contribution is 2.17. The summed E-state index contributed by atoms with van der Waals surface area (Å²) >= 11 is 0. The van der Waals surface area contributed by atoms with E-state index in [0.29, 0.717) is 0 Å². The number of hydrogen-bond acceptors (Lipinski definition) is 0. The standard InChI is InChI=1S/C5H6F4/c1-2-3(6)4(7)5(8)9/h3H,2H2,1H3. The molecule has 0 saturated heterocycles. The molecule has 0 rings (SSSR count). The fourth-order valence-corrected chi connectivity index (χ4v) is 0.298. The first kappa shape index (κ1) is 8.46. The second-order valence-corrected chi connectivity index (χ2v) is 1.48. The van der Waals surface area contributed by atoms with Crippen molar-refractivity contribution in [3.05, 3.63) is 11.9 Å². The Morgan fingerprint density at radius 3 is 1.89 bits per heavy atom. The van der Waals surface area contributed by atoms with Crippen LogP contribution in [-0.2, 0) is 0 Å². The second-order valence-electron chi connectivity index (χ2n) is 1.48. The van der Waals surface area contributed by atoms with Gasteiger partial charge in [0.1, 0.15) is 0 Å². The molecule has 0 radical (unpaired) electrons. The minimum absolute atomic E-state index is 0.261. The van der Waals surface area contributed by atoms with E-state index >= 15 is 0 Å². The van der Waals surface area contributed by atoms with Crippen molar-refractivity contribution in [1.82, 2.24) is 0 Å². The predicted molar refractivity (Wildman–Crippen MR) is 25.5 cm³/mol. The SMILES string of the molecule is CCC(F)C(F)=C(F)F. The molecule has 1 unspecified atom stereocenters. The average molecular weight is 142 g/mol. The zero-order chi connectivity index (χ0) is 7.44. The van der Waals surface area contributed by atoms with Crippen molar-refractivity contribution in [3.8, 4) is 0 Å². The van der Waals surface area contributed by atoms with Gasteiger partial charge >= 0.3 is 6.08 Å². The van der Waals surface area contributed by atoms with Crippen molar-refractivity contribution in [2.24, 2.45) is 0 Å². The van der Waals surface area contributed by atoms with Crippen molar-refractivity contribution in [1.29, 1.82) is 0 Å². The number of allylic oxidation sites excluding steroid dienone is 1. The van der Waals surface area contributed by atoms with Gasteiger partial charge in [0, 0.05) is 0 Å². The van der Waals surface area contributed by atoms with Gasteiger partial charge in [-0.05, 0) is 6.42 Å². The Kier molecular flexibility index (Phi) is 3.27. The van der Waals surface area contributed by atoms with Gasteiger partial charge in [0.05, 0.1) is 0 Å². The molecule has 0 aliphatic rings. The lowest BCUT2D eigenvalue weighted by atomic mass is 10.3. The van der Waals surface area contributed by atoms with Gasteiger partial charge in [-0.2, -0.15) is 8.78 Å². The highest BCUT2D eigenvalue weighted by molar-refractivity contribution is 4.97. The Morgan fingerprint density at radius 1 is 1.33 bits per heavy atom. The van der Waals surface area contributed by atoms with Crippen molar-refractivity contribution >= 4 is 0 Å². The van der Waals surface area contributed by atoms with Gasteiger partial charge in [-0.3, -0.25) is 0 Å². The summed E-state index contributed by atoms with van der Waals surface area (Å²) in [5.74, 6) is -1.95. The Labute approximate surface area is 50.2 Å². The predicted octanol–water partition coefficient (Wildman–Crippen LogP) is 2.81. The van der Waals surface area contributed by atoms with Crippen LogP contribution in [0.1, 0.15) is 13.3 Å². The molecule has 54 valence electrons. The lowest BCUT2D eigenvalue weighted by Gasteiger charge is -1.97. The van der Waals surface area contributed by atoms with E-state index in [4.69, 9.17) is 0 Å². The van der Waals surface area contributed by atoms with E-state index in [2.05, 4.69) is 0 Å². The van der Waals surface area contributed by atoms with Gasteiger partial charge in [0.15, 0.2) is 12.0 Å². The maximum Gasteiger partial charge on any atom is 0.304 e. The quantitative estimate of drug-likeness (QED) is 0.520. The van der Waals surface area contributed by atoms with E-state index in [0.717, 1.165) is 0 Å². The van der Waals surface area contributed by atoms with Crippen LogP contribution in [0.4, 0.5) is 17.6 Å². The van der Waals surface area contributed by atoms with Gasteiger partial charge in [0.25, 0.3) is 0 Å². The zero-order valence-electron chi connectivity index (χ0n) is 4.80. The summed E-state index contributed by atoms with van der Waals surface area (Å²) < 4.78 is 45.8. The van der Waals surface area contributed by atoms with E-state index in [-0.39, 0.29) is 6.42 Å². The average Bonchev–Trinajstić information content (AvgIpc) is 1.84. The molecule has 0 heterocycles. The van der Waals surface area contributed by atoms with Crippen molar-refractivity contribution in [3.63, 3.8) is 0 Å². The van der Waals surface area contributed by atoms with Crippen LogP contribution in [0.3, 0.4) is 0 Å². The maximum atomic E-state index is 11.9. The van der Waals surface area contributed by atoms with Gasteiger partial charge in [-0.25, -0.2) is 8.78 Å². The fraction of sp³-hybridized carbons (Fsp3) is 0.600. The van der Waals surface area contributed by atoms with Crippen LogP contribution < -0.4 is 0 Å². The third kappa shape index (κ3) is 2.49. The summed E-state index contributed by atoms with van der Waals surface area (Å²) in [6.45, 7) is 1.28. The highest BCUT2D eigenvalue weighted by Gasteiger charge is 2.15. The van der Waals surface area contributed by atoms with Crippen LogP contribution in [0, 0.1) is 0 Å². The second kappa shape index (κ2) is 3.48. The van der Waals surface area contributed by atoms with E-state index in [1.807, 2.05) is 0 Å². The smallest absolute Gasteiger partial charge is 0.240 e. The van der Waals surface area contributed by atoms with E-state index in [1.165, 1.54) is 6.92 Å². The molecule has 0 fully saturated rings. The number of hydrogen-bond donors (Lipinski definition) is 0. The topological polar surface area (TPSA) is 0 Å².